The van der Waals surface area contributed by atoms with Crippen LogP contribution in [0.2, 0.25) is 0 Å². The molecule has 5 aromatic rings. The monoisotopic (exact) mass is 898 g/mol. The van der Waals surface area contributed by atoms with Crippen molar-refractivity contribution in [2.75, 3.05) is 23.8 Å². The number of aromatic amines is 1. The number of nitrogens with zero attached hydrogens (tertiary/aromatic N) is 7. The van der Waals surface area contributed by atoms with Crippen LogP contribution in [-0.2, 0) is 56.0 Å². The summed E-state index contributed by atoms with van der Waals surface area (Å²) in [6, 6.07) is 8.53. The molecule has 1 aromatic carbocycles. The van der Waals surface area contributed by atoms with Gasteiger partial charge in [-0.15, -0.1) is 0 Å². The van der Waals surface area contributed by atoms with Gasteiger partial charge in [0.05, 0.1) is 32.0 Å². The molecule has 21 nitrogen and oxygen atoms in total. The van der Waals surface area contributed by atoms with Gasteiger partial charge in [-0.3, -0.25) is 38.3 Å². The molecule has 0 aliphatic carbocycles. The Bertz CT molecular complexity index is 2510. The van der Waals surface area contributed by atoms with Crippen LogP contribution < -0.4 is 16.2 Å². The van der Waals surface area contributed by atoms with Crippen LogP contribution in [0.25, 0.3) is 22.3 Å². The van der Waals surface area contributed by atoms with Gasteiger partial charge in [0, 0.05) is 17.9 Å². The summed E-state index contributed by atoms with van der Waals surface area (Å²) in [6.07, 6.45) is -5.80. The molecule has 2 unspecified atom stereocenters. The molecule has 3 fully saturated rings. The first-order valence-electron chi connectivity index (χ1n) is 17.2. The van der Waals surface area contributed by atoms with E-state index in [-0.39, 0.29) is 55.4 Å². The van der Waals surface area contributed by atoms with Crippen molar-refractivity contribution in [2.24, 2.45) is 5.92 Å². The predicted molar refractivity (Wildman–Crippen MR) is 217 cm³/mol. The van der Waals surface area contributed by atoms with Gasteiger partial charge in [-0.1, -0.05) is 46.9 Å². The fraction of sp³-hybridized carbons (Fsp3) is 0.455. The van der Waals surface area contributed by atoms with Crippen molar-refractivity contribution < 1.29 is 51.3 Å². The number of H-pyrrole nitrogens is 1. The highest BCUT2D eigenvalue weighted by Crippen LogP contribution is 2.54. The summed E-state index contributed by atoms with van der Waals surface area (Å²) < 4.78 is 54.1. The minimum absolute atomic E-state index is 0. The molecule has 26 heteroatoms. The molecule has 8 rings (SSSR count). The molecule has 2 amide bonds. The number of alkyl halides is 1. The van der Waals surface area contributed by atoms with Crippen LogP contribution in [0, 0.1) is 5.92 Å². The SMILES string of the molecule is C.C.CC(C)C(=O)Nc1nc2c(ncn2[C@@H]2O[C@@H]3COP(O)(=S)O[C@H]4C[C@H](n5cnc6c(NC(=O)c7ccccc7)ncnc65)O[C@@H]4COP(O)(=S)O[C@@H]2[C@@H]3F)c(=O)[nH]1. The van der Waals surface area contributed by atoms with Crippen LogP contribution in [0.5, 0.6) is 0 Å². The third kappa shape index (κ3) is 9.19. The zero-order valence-electron chi connectivity index (χ0n) is 29.6. The topological polar surface area (TPSA) is 261 Å². The lowest BCUT2D eigenvalue weighted by Crippen LogP contribution is -2.32. The van der Waals surface area contributed by atoms with Crippen LogP contribution in [-0.4, -0.2) is 104 Å². The summed E-state index contributed by atoms with van der Waals surface area (Å²) in [4.78, 5) is 84.3. The number of anilines is 2. The van der Waals surface area contributed by atoms with Gasteiger partial charge in [0.25, 0.3) is 11.5 Å². The van der Waals surface area contributed by atoms with Gasteiger partial charge in [-0.25, -0.2) is 24.3 Å². The molecule has 3 aliphatic heterocycles. The number of benzene rings is 1. The molecule has 318 valence electrons. The summed E-state index contributed by atoms with van der Waals surface area (Å²) in [6.45, 7) is -6.32. The smallest absolute Gasteiger partial charge is 0.325 e. The van der Waals surface area contributed by atoms with E-state index in [9.17, 15) is 24.2 Å². The predicted octanol–water partition coefficient (Wildman–Crippen LogP) is 3.85. The van der Waals surface area contributed by atoms with Gasteiger partial charge in [0.2, 0.25) is 11.9 Å². The number of carbonyl (C=O) groups excluding carboxylic acids is 2. The molecule has 59 heavy (non-hydrogen) atoms. The van der Waals surface area contributed by atoms with E-state index < -0.39 is 93.0 Å². The zero-order valence-corrected chi connectivity index (χ0v) is 33.1. The van der Waals surface area contributed by atoms with E-state index in [4.69, 9.17) is 51.2 Å². The minimum atomic E-state index is -4.33. The maximum Gasteiger partial charge on any atom is 0.325 e. The molecule has 2 bridgehead atoms. The first-order valence-corrected chi connectivity index (χ1v) is 22.4. The lowest BCUT2D eigenvalue weighted by molar-refractivity contribution is -0.118. The quantitative estimate of drug-likeness (QED) is 0.152. The van der Waals surface area contributed by atoms with Gasteiger partial charge in [-0.2, -0.15) is 4.98 Å². The maximum absolute atomic E-state index is 16.2. The minimum Gasteiger partial charge on any atom is -0.349 e. The average Bonchev–Trinajstić information content (AvgIpc) is 3.95. The van der Waals surface area contributed by atoms with E-state index in [1.807, 2.05) is 0 Å². The molecule has 5 N–H and O–H groups in total. The highest BCUT2D eigenvalue weighted by molar-refractivity contribution is 8.07. The number of amides is 2. The van der Waals surface area contributed by atoms with Crippen molar-refractivity contribution in [2.45, 2.75) is 78.2 Å². The van der Waals surface area contributed by atoms with Gasteiger partial charge in [-0.05, 0) is 35.7 Å². The van der Waals surface area contributed by atoms with Crippen LogP contribution >= 0.6 is 13.4 Å². The summed E-state index contributed by atoms with van der Waals surface area (Å²) in [5.74, 6) is -1.34. The Kier molecular flexibility index (Phi) is 13.2. The van der Waals surface area contributed by atoms with Gasteiger partial charge in [0.1, 0.15) is 30.9 Å². The fourth-order valence-corrected chi connectivity index (χ4v) is 9.25. The fourth-order valence-electron chi connectivity index (χ4n) is 6.37. The van der Waals surface area contributed by atoms with Crippen molar-refractivity contribution in [3.05, 3.63) is 65.2 Å². The number of ether oxygens (including phenoxy) is 2. The van der Waals surface area contributed by atoms with E-state index in [0.717, 1.165) is 6.33 Å². The number of imidazole rings is 2. The molecule has 0 spiro atoms. The van der Waals surface area contributed by atoms with Crippen LogP contribution in [0.3, 0.4) is 0 Å². The van der Waals surface area contributed by atoms with Crippen LogP contribution in [0.4, 0.5) is 16.2 Å². The number of nitrogens with one attached hydrogen (secondary N) is 3. The van der Waals surface area contributed by atoms with E-state index in [1.165, 1.54) is 17.2 Å². The molecule has 3 aliphatic rings. The highest BCUT2D eigenvalue weighted by atomic mass is 32.5. The number of carbonyl (C=O) groups is 2. The van der Waals surface area contributed by atoms with E-state index in [0.29, 0.717) is 5.56 Å². The molecule has 7 heterocycles. The average molecular weight is 899 g/mol. The molecular weight excluding hydrogens is 858 g/mol. The number of halogens is 1. The van der Waals surface area contributed by atoms with Gasteiger partial charge >= 0.3 is 13.4 Å². The maximum atomic E-state index is 16.2. The lowest BCUT2D eigenvalue weighted by Gasteiger charge is -2.27. The van der Waals surface area contributed by atoms with Crippen molar-refractivity contribution in [3.8, 4) is 0 Å². The van der Waals surface area contributed by atoms with Crippen molar-refractivity contribution in [3.63, 3.8) is 0 Å². The molecule has 3 saturated heterocycles. The summed E-state index contributed by atoms with van der Waals surface area (Å²) in [5.41, 5.74) is -0.0545. The second kappa shape index (κ2) is 17.5. The Balaban J connectivity index is 0.00000293. The van der Waals surface area contributed by atoms with E-state index >= 15 is 4.39 Å². The molecule has 4 aromatic heterocycles. The Morgan fingerprint density at radius 3 is 2.31 bits per heavy atom. The molecule has 0 saturated carbocycles. The highest BCUT2D eigenvalue weighted by Gasteiger charge is 2.51. The second-order valence-corrected chi connectivity index (χ2v) is 18.9. The first kappa shape index (κ1) is 44.5. The third-order valence-corrected chi connectivity index (χ3v) is 12.3. The lowest BCUT2D eigenvalue weighted by atomic mass is 10.1. The normalized spacial score (nSPS) is 29.7. The second-order valence-electron chi connectivity index (χ2n) is 13.4. The van der Waals surface area contributed by atoms with E-state index in [1.54, 1.807) is 48.7 Å². The summed E-state index contributed by atoms with van der Waals surface area (Å²) in [7, 11) is 0. The number of fused-ring (bicyclic) bond motifs is 5. The van der Waals surface area contributed by atoms with Gasteiger partial charge in [0.15, 0.2) is 40.5 Å². The molecule has 9 atom stereocenters. The number of hydrogen-bond donors (Lipinski definition) is 5. The van der Waals surface area contributed by atoms with Crippen LogP contribution in [0.15, 0.2) is 54.1 Å². The molecule has 0 radical (unpaired) electrons. The van der Waals surface area contributed by atoms with Crippen molar-refractivity contribution in [1.82, 2.24) is 39.0 Å². The molecular formula is C33H41FN10O11P2S2. The third-order valence-electron chi connectivity index (χ3n) is 9.18. The Morgan fingerprint density at radius 2 is 1.58 bits per heavy atom. The zero-order chi connectivity index (χ0) is 40.2. The van der Waals surface area contributed by atoms with E-state index in [2.05, 4.69) is 40.5 Å². The number of hydrogen-bond acceptors (Lipinski definition) is 16. The Morgan fingerprint density at radius 1 is 0.898 bits per heavy atom. The van der Waals surface area contributed by atoms with Crippen molar-refractivity contribution in [1.29, 1.82) is 0 Å². The number of aromatic nitrogens is 8. The largest absolute Gasteiger partial charge is 0.349 e. The van der Waals surface area contributed by atoms with Gasteiger partial charge < -0.3 is 38.1 Å². The Labute approximate surface area is 345 Å². The van der Waals surface area contributed by atoms with Crippen LogP contribution in [0.1, 0.15) is 57.9 Å². The first-order chi connectivity index (χ1) is 27.2. The summed E-state index contributed by atoms with van der Waals surface area (Å²) >= 11 is 10.6. The van der Waals surface area contributed by atoms with Crippen molar-refractivity contribution >= 4 is 83.0 Å². The summed E-state index contributed by atoms with van der Waals surface area (Å²) in [5, 5.41) is 5.23. The Hall–Kier alpha value is -4.03. The number of rotatable bonds is 6. The standard InChI is InChI=1S/C31H33FN10O11P2S2.2CH4/c1-14(2)27(43)39-31-38-26-22(29(45)40-31)36-13-42(26)30-23-20(32)18(51-30)10-49-54(46,56)52-16-8-19(50-17(16)9-48-55(47,57)53-23)41-12-35-21-24(33-11-34-25(21)41)37-28(44)15-6-4-3-5-7-15;;/h3-7,11-14,16-20,23,30H,8-10H2,1-2H3,(H,46,56)(H,47,57)(H,33,34,37,44)(H2,38,39,40,43,45);2*1H4/t16-,17+,18+,19+,20+,23+,30+,54?,55?;;/m0../s1.